The molecule has 3 N–H and O–H groups in total. The zero-order valence-corrected chi connectivity index (χ0v) is 27.3. The van der Waals surface area contributed by atoms with Crippen LogP contribution in [0.2, 0.25) is 0 Å². The number of unbranched alkanes of at least 4 members (excludes halogenated alkanes) is 1. The molecule has 3 aromatic carbocycles. The van der Waals surface area contributed by atoms with Gasteiger partial charge < -0.3 is 39.4 Å². The number of fused-ring (bicyclic) bond motifs is 3. The van der Waals surface area contributed by atoms with E-state index in [4.69, 9.17) is 23.7 Å². The highest BCUT2D eigenvalue weighted by Gasteiger charge is 2.28. The summed E-state index contributed by atoms with van der Waals surface area (Å²) in [4.78, 5) is 52.8. The standard InChI is InChI=1S/C35H39N3O10/c1-21(39)37-27-16-13-23-18-29(44-2)31(45-3)32(46-4)30(23)25-15-14-24(19-26(25)27)48-34(42)36-17-9-8-12-28(33(40)41)38-35(43)47-20-22-10-6-5-7-11-22/h5-7,10-11,14-15,18-19,28H,8-9,12-13,16-17,20H2,1-4H3,(H,36,42)(H,38,43)(H,40,41). The van der Waals surface area contributed by atoms with Crippen LogP contribution in [0.4, 0.5) is 9.59 Å². The van der Waals surface area contributed by atoms with Crippen LogP contribution < -0.4 is 29.6 Å². The Morgan fingerprint density at radius 1 is 0.875 bits per heavy atom. The average Bonchev–Trinajstić information content (AvgIpc) is 3.22. The molecule has 1 aliphatic carbocycles. The summed E-state index contributed by atoms with van der Waals surface area (Å²) in [5.41, 5.74) is 4.31. The van der Waals surface area contributed by atoms with Gasteiger partial charge in [-0.3, -0.25) is 4.79 Å². The van der Waals surface area contributed by atoms with Crippen LogP contribution in [0.25, 0.3) is 11.1 Å². The maximum atomic E-state index is 12.7. The fraction of sp³-hybridized carbons (Fsp3) is 0.343. The smallest absolute Gasteiger partial charge is 0.412 e. The van der Waals surface area contributed by atoms with Crippen molar-refractivity contribution < 1.29 is 48.0 Å². The number of aliphatic carboxylic acids is 1. The largest absolute Gasteiger partial charge is 0.493 e. The monoisotopic (exact) mass is 661 g/mol. The number of nitrogens with zero attached hydrogens (tertiary/aromatic N) is 1. The zero-order chi connectivity index (χ0) is 34.6. The summed E-state index contributed by atoms with van der Waals surface area (Å²) in [6.45, 7) is 1.60. The number of rotatable bonds is 13. The Kier molecular flexibility index (Phi) is 12.4. The van der Waals surface area contributed by atoms with Gasteiger partial charge in [0.05, 0.1) is 27.0 Å². The molecular formula is C35H39N3O10. The molecule has 3 aromatic rings. The Morgan fingerprint density at radius 2 is 1.62 bits per heavy atom. The lowest BCUT2D eigenvalue weighted by atomic mass is 9.94. The normalized spacial score (nSPS) is 13.2. The number of carbonyl (C=O) groups excluding carboxylic acids is 3. The molecule has 0 saturated carbocycles. The van der Waals surface area contributed by atoms with Gasteiger partial charge >= 0.3 is 18.2 Å². The van der Waals surface area contributed by atoms with E-state index in [2.05, 4.69) is 15.6 Å². The van der Waals surface area contributed by atoms with Crippen LogP contribution in [-0.4, -0.2) is 68.8 Å². The maximum Gasteiger partial charge on any atom is 0.412 e. The van der Waals surface area contributed by atoms with E-state index in [1.54, 1.807) is 37.4 Å². The van der Waals surface area contributed by atoms with Crippen molar-refractivity contribution in [1.29, 1.82) is 0 Å². The number of alkyl carbamates (subject to hydrolysis) is 1. The molecule has 254 valence electrons. The van der Waals surface area contributed by atoms with Crippen molar-refractivity contribution in [3.05, 3.63) is 71.3 Å². The number of aliphatic imine (C=N–C) groups is 1. The van der Waals surface area contributed by atoms with Crippen molar-refractivity contribution >= 4 is 29.8 Å². The van der Waals surface area contributed by atoms with Crippen LogP contribution in [-0.2, 0) is 27.4 Å². The van der Waals surface area contributed by atoms with Crippen molar-refractivity contribution in [2.24, 2.45) is 4.99 Å². The maximum absolute atomic E-state index is 12.7. The van der Waals surface area contributed by atoms with Gasteiger partial charge in [0.2, 0.25) is 11.7 Å². The van der Waals surface area contributed by atoms with Crippen LogP contribution in [0, 0.1) is 0 Å². The average molecular weight is 662 g/mol. The number of amides is 3. The minimum absolute atomic E-state index is 0.0194. The predicted molar refractivity (Wildman–Crippen MR) is 176 cm³/mol. The SMILES string of the molecule is COc1cc2c(c(OC)c1OC)-c1ccc(OC(=O)NCCCCC(NC(=O)OCc3ccccc3)C(=O)O)cc1C(=NC(C)=O)CC2. The van der Waals surface area contributed by atoms with Gasteiger partial charge in [-0.25, -0.2) is 19.4 Å². The Balaban J connectivity index is 1.38. The lowest BCUT2D eigenvalue weighted by molar-refractivity contribution is -0.139. The third-order valence-corrected chi connectivity index (χ3v) is 7.61. The van der Waals surface area contributed by atoms with E-state index < -0.39 is 24.2 Å². The molecule has 0 aliphatic heterocycles. The number of aryl methyl sites for hydroxylation is 1. The second-order valence-electron chi connectivity index (χ2n) is 10.9. The molecular weight excluding hydrogens is 622 g/mol. The van der Waals surface area contributed by atoms with Gasteiger partial charge in [0.15, 0.2) is 11.5 Å². The highest BCUT2D eigenvalue weighted by molar-refractivity contribution is 6.12. The van der Waals surface area contributed by atoms with Crippen molar-refractivity contribution in [2.75, 3.05) is 27.9 Å². The molecule has 0 spiro atoms. The number of carbonyl (C=O) groups is 4. The van der Waals surface area contributed by atoms with Crippen molar-refractivity contribution in [3.8, 4) is 34.1 Å². The van der Waals surface area contributed by atoms with Crippen LogP contribution in [0.1, 0.15) is 49.3 Å². The number of hydrogen-bond acceptors (Lipinski definition) is 9. The lowest BCUT2D eigenvalue weighted by Crippen LogP contribution is -2.41. The Hall–Kier alpha value is -5.59. The highest BCUT2D eigenvalue weighted by atomic mass is 16.6. The van der Waals surface area contributed by atoms with E-state index in [0.29, 0.717) is 54.2 Å². The van der Waals surface area contributed by atoms with E-state index in [1.807, 2.05) is 24.3 Å². The van der Waals surface area contributed by atoms with E-state index in [0.717, 1.165) is 22.3 Å². The Labute approximate surface area is 278 Å². The Morgan fingerprint density at radius 3 is 2.29 bits per heavy atom. The minimum atomic E-state index is -1.19. The van der Waals surface area contributed by atoms with Crippen LogP contribution in [0.15, 0.2) is 59.6 Å². The van der Waals surface area contributed by atoms with Crippen LogP contribution in [0.3, 0.4) is 0 Å². The quantitative estimate of drug-likeness (QED) is 0.204. The second-order valence-corrected chi connectivity index (χ2v) is 10.9. The lowest BCUT2D eigenvalue weighted by Gasteiger charge is -2.19. The number of hydrogen-bond donors (Lipinski definition) is 3. The molecule has 13 heteroatoms. The number of carboxylic acids is 1. The second kappa shape index (κ2) is 16.8. The van der Waals surface area contributed by atoms with Gasteiger partial charge in [0, 0.05) is 24.6 Å². The summed E-state index contributed by atoms with van der Waals surface area (Å²) in [6.07, 6.45) is 0.399. The van der Waals surface area contributed by atoms with Crippen molar-refractivity contribution in [3.63, 3.8) is 0 Å². The number of methoxy groups -OCH3 is 3. The van der Waals surface area contributed by atoms with Gasteiger partial charge in [0.25, 0.3) is 0 Å². The van der Waals surface area contributed by atoms with Gasteiger partial charge in [-0.05, 0) is 73.1 Å². The first-order valence-corrected chi connectivity index (χ1v) is 15.4. The summed E-state index contributed by atoms with van der Waals surface area (Å²) in [5.74, 6) is 0.0759. The van der Waals surface area contributed by atoms with Gasteiger partial charge in [-0.15, -0.1) is 0 Å². The summed E-state index contributed by atoms with van der Waals surface area (Å²) in [6, 6.07) is 14.8. The third kappa shape index (κ3) is 9.02. The van der Waals surface area contributed by atoms with E-state index in [9.17, 15) is 24.3 Å². The molecule has 13 nitrogen and oxygen atoms in total. The first-order valence-electron chi connectivity index (χ1n) is 15.4. The molecule has 0 saturated heterocycles. The molecule has 0 bridgehead atoms. The molecule has 3 amide bonds. The Bertz CT molecular complexity index is 1670. The van der Waals surface area contributed by atoms with Crippen molar-refractivity contribution in [1.82, 2.24) is 10.6 Å². The fourth-order valence-corrected chi connectivity index (χ4v) is 5.41. The van der Waals surface area contributed by atoms with Gasteiger partial charge in [-0.1, -0.05) is 30.3 Å². The molecule has 48 heavy (non-hydrogen) atoms. The van der Waals surface area contributed by atoms with E-state index in [-0.39, 0.29) is 31.2 Å². The summed E-state index contributed by atoms with van der Waals surface area (Å²) < 4.78 is 27.6. The number of nitrogens with one attached hydrogen (secondary N) is 2. The number of carboxylic acid groups (broad SMARTS) is 1. The zero-order valence-electron chi connectivity index (χ0n) is 27.3. The minimum Gasteiger partial charge on any atom is -0.493 e. The molecule has 0 fully saturated rings. The summed E-state index contributed by atoms with van der Waals surface area (Å²) in [7, 11) is 4.60. The first-order chi connectivity index (χ1) is 23.1. The number of ether oxygens (including phenoxy) is 5. The molecule has 0 aromatic heterocycles. The molecule has 0 heterocycles. The predicted octanol–water partition coefficient (Wildman–Crippen LogP) is 5.30. The molecule has 1 aliphatic rings. The molecule has 1 atom stereocenters. The van der Waals surface area contributed by atoms with Crippen LogP contribution in [0.5, 0.6) is 23.0 Å². The third-order valence-electron chi connectivity index (χ3n) is 7.61. The van der Waals surface area contributed by atoms with Gasteiger partial charge in [-0.2, -0.15) is 0 Å². The van der Waals surface area contributed by atoms with Gasteiger partial charge in [0.1, 0.15) is 18.4 Å². The van der Waals surface area contributed by atoms with E-state index in [1.165, 1.54) is 21.1 Å². The summed E-state index contributed by atoms with van der Waals surface area (Å²) in [5, 5.41) is 14.5. The summed E-state index contributed by atoms with van der Waals surface area (Å²) >= 11 is 0. The fourth-order valence-electron chi connectivity index (χ4n) is 5.41. The van der Waals surface area contributed by atoms with Crippen LogP contribution >= 0.6 is 0 Å². The molecule has 1 unspecified atom stereocenters. The topological polar surface area (TPSA) is 171 Å². The van der Waals surface area contributed by atoms with Crippen molar-refractivity contribution in [2.45, 2.75) is 51.7 Å². The molecule has 0 radical (unpaired) electrons. The highest BCUT2D eigenvalue weighted by Crippen LogP contribution is 2.49. The molecule has 4 rings (SSSR count). The first kappa shape index (κ1) is 35.3. The number of benzene rings is 3. The van der Waals surface area contributed by atoms with E-state index >= 15 is 0 Å².